The van der Waals surface area contributed by atoms with Crippen molar-refractivity contribution in [2.24, 2.45) is 5.92 Å². The molecule has 0 rings (SSSR count). The Morgan fingerprint density at radius 1 is 1.25 bits per heavy atom. The molecule has 1 N–H and O–H groups in total. The number of hydrogen-bond acceptors (Lipinski definition) is 2. The van der Waals surface area contributed by atoms with Crippen molar-refractivity contribution < 1.29 is 5.11 Å². The molecule has 0 aliphatic heterocycles. The number of aliphatic hydroxyl groups is 1. The van der Waals surface area contributed by atoms with Gasteiger partial charge in [-0.15, -0.1) is 0 Å². The third kappa shape index (κ3) is 4.73. The standard InChI is InChI=1S/C10H23NO/c1-5-10(4)8-11(6-7-12)9(2)3/h9-10,12H,5-8H2,1-4H3. The van der Waals surface area contributed by atoms with Gasteiger partial charge in [-0.3, -0.25) is 4.90 Å². The summed E-state index contributed by atoms with van der Waals surface area (Å²) in [6, 6.07) is 0.547. The highest BCUT2D eigenvalue weighted by molar-refractivity contribution is 4.65. The van der Waals surface area contributed by atoms with Gasteiger partial charge in [0.25, 0.3) is 0 Å². The van der Waals surface area contributed by atoms with Crippen LogP contribution in [-0.4, -0.2) is 35.7 Å². The number of rotatable bonds is 6. The highest BCUT2D eigenvalue weighted by Gasteiger charge is 2.11. The third-order valence-electron chi connectivity index (χ3n) is 2.36. The summed E-state index contributed by atoms with van der Waals surface area (Å²) in [6.07, 6.45) is 1.22. The van der Waals surface area contributed by atoms with E-state index in [2.05, 4.69) is 32.6 Å². The molecule has 0 aliphatic carbocycles. The van der Waals surface area contributed by atoms with Crippen molar-refractivity contribution in [1.82, 2.24) is 4.90 Å². The molecule has 0 radical (unpaired) electrons. The summed E-state index contributed by atoms with van der Waals surface area (Å²) in [7, 11) is 0. The van der Waals surface area contributed by atoms with Gasteiger partial charge in [-0.2, -0.15) is 0 Å². The maximum atomic E-state index is 8.83. The van der Waals surface area contributed by atoms with Crippen LogP contribution in [0.15, 0.2) is 0 Å². The molecule has 0 aromatic rings. The second-order valence-electron chi connectivity index (χ2n) is 3.83. The van der Waals surface area contributed by atoms with E-state index in [0.29, 0.717) is 6.04 Å². The summed E-state index contributed by atoms with van der Waals surface area (Å²) in [5, 5.41) is 8.83. The molecule has 0 bridgehead atoms. The Balaban J connectivity index is 3.77. The third-order valence-corrected chi connectivity index (χ3v) is 2.36. The normalized spacial score (nSPS) is 14.2. The lowest BCUT2D eigenvalue weighted by molar-refractivity contribution is 0.147. The second kappa shape index (κ2) is 6.44. The van der Waals surface area contributed by atoms with Crippen molar-refractivity contribution in [1.29, 1.82) is 0 Å². The molecule has 0 aromatic carbocycles. The molecule has 74 valence electrons. The first kappa shape index (κ1) is 11.9. The highest BCUT2D eigenvalue weighted by atomic mass is 16.3. The lowest BCUT2D eigenvalue weighted by Crippen LogP contribution is -2.36. The quantitative estimate of drug-likeness (QED) is 0.661. The fourth-order valence-electron chi connectivity index (χ4n) is 1.22. The predicted molar refractivity (Wildman–Crippen MR) is 53.2 cm³/mol. The molecule has 0 saturated carbocycles. The predicted octanol–water partition coefficient (Wildman–Crippen LogP) is 1.74. The average Bonchev–Trinajstić information content (AvgIpc) is 2.03. The van der Waals surface area contributed by atoms with E-state index >= 15 is 0 Å². The first-order valence-electron chi connectivity index (χ1n) is 4.96. The van der Waals surface area contributed by atoms with Gasteiger partial charge in [0.2, 0.25) is 0 Å². The van der Waals surface area contributed by atoms with Crippen molar-refractivity contribution in [2.45, 2.75) is 40.2 Å². The van der Waals surface area contributed by atoms with E-state index in [9.17, 15) is 0 Å². The van der Waals surface area contributed by atoms with E-state index in [-0.39, 0.29) is 6.61 Å². The molecular formula is C10H23NO. The molecule has 0 aliphatic rings. The maximum absolute atomic E-state index is 8.83. The topological polar surface area (TPSA) is 23.5 Å². The Bertz CT molecular complexity index is 104. The Labute approximate surface area is 76.6 Å². The molecule has 1 atom stereocenters. The van der Waals surface area contributed by atoms with Crippen LogP contribution in [0, 0.1) is 5.92 Å². The fourth-order valence-corrected chi connectivity index (χ4v) is 1.22. The Morgan fingerprint density at radius 2 is 1.83 bits per heavy atom. The first-order valence-corrected chi connectivity index (χ1v) is 4.96. The molecule has 1 unspecified atom stereocenters. The molecule has 2 heteroatoms. The van der Waals surface area contributed by atoms with Crippen LogP contribution in [-0.2, 0) is 0 Å². The van der Waals surface area contributed by atoms with Gasteiger partial charge in [0, 0.05) is 19.1 Å². The van der Waals surface area contributed by atoms with E-state index < -0.39 is 0 Å². The zero-order valence-electron chi connectivity index (χ0n) is 8.88. The monoisotopic (exact) mass is 173 g/mol. The van der Waals surface area contributed by atoms with Gasteiger partial charge in [0.15, 0.2) is 0 Å². The van der Waals surface area contributed by atoms with Crippen molar-refractivity contribution >= 4 is 0 Å². The van der Waals surface area contributed by atoms with Crippen LogP contribution in [0.4, 0.5) is 0 Å². The smallest absolute Gasteiger partial charge is 0.0558 e. The summed E-state index contributed by atoms with van der Waals surface area (Å²) in [4.78, 5) is 2.33. The minimum absolute atomic E-state index is 0.272. The minimum atomic E-state index is 0.272. The van der Waals surface area contributed by atoms with Crippen molar-refractivity contribution in [3.05, 3.63) is 0 Å². The molecule has 2 nitrogen and oxygen atoms in total. The van der Waals surface area contributed by atoms with Gasteiger partial charge in [-0.05, 0) is 19.8 Å². The van der Waals surface area contributed by atoms with Gasteiger partial charge >= 0.3 is 0 Å². The SMILES string of the molecule is CCC(C)CN(CCO)C(C)C. The van der Waals surface area contributed by atoms with Crippen LogP contribution in [0.25, 0.3) is 0 Å². The van der Waals surface area contributed by atoms with Crippen LogP contribution in [0.3, 0.4) is 0 Å². The zero-order chi connectivity index (χ0) is 9.56. The summed E-state index contributed by atoms with van der Waals surface area (Å²) in [6.45, 7) is 11.0. The van der Waals surface area contributed by atoms with Crippen molar-refractivity contribution in [3.8, 4) is 0 Å². The number of aliphatic hydroxyl groups excluding tert-OH is 1. The zero-order valence-corrected chi connectivity index (χ0v) is 8.88. The lowest BCUT2D eigenvalue weighted by Gasteiger charge is -2.28. The van der Waals surface area contributed by atoms with Crippen molar-refractivity contribution in [3.63, 3.8) is 0 Å². The Morgan fingerprint density at radius 3 is 2.17 bits per heavy atom. The molecule has 0 saturated heterocycles. The molecule has 0 aromatic heterocycles. The molecule has 12 heavy (non-hydrogen) atoms. The van der Waals surface area contributed by atoms with E-state index in [1.807, 2.05) is 0 Å². The van der Waals surface area contributed by atoms with Gasteiger partial charge in [0.1, 0.15) is 0 Å². The largest absolute Gasteiger partial charge is 0.395 e. The van der Waals surface area contributed by atoms with E-state index in [1.54, 1.807) is 0 Å². The van der Waals surface area contributed by atoms with Crippen LogP contribution in [0.1, 0.15) is 34.1 Å². The molecule has 0 heterocycles. The summed E-state index contributed by atoms with van der Waals surface area (Å²) in [5.74, 6) is 0.735. The molecule has 0 spiro atoms. The summed E-state index contributed by atoms with van der Waals surface area (Å²) < 4.78 is 0. The van der Waals surface area contributed by atoms with Gasteiger partial charge in [0.05, 0.1) is 6.61 Å². The Kier molecular flexibility index (Phi) is 6.39. The van der Waals surface area contributed by atoms with E-state index in [4.69, 9.17) is 5.11 Å². The molecule has 0 amide bonds. The fraction of sp³-hybridized carbons (Fsp3) is 1.00. The minimum Gasteiger partial charge on any atom is -0.395 e. The Hall–Kier alpha value is -0.0800. The summed E-state index contributed by atoms with van der Waals surface area (Å²) in [5.41, 5.74) is 0. The second-order valence-corrected chi connectivity index (χ2v) is 3.83. The van der Waals surface area contributed by atoms with Crippen LogP contribution in [0.2, 0.25) is 0 Å². The van der Waals surface area contributed by atoms with Gasteiger partial charge < -0.3 is 5.11 Å². The molecular weight excluding hydrogens is 150 g/mol. The van der Waals surface area contributed by atoms with E-state index in [1.165, 1.54) is 6.42 Å². The van der Waals surface area contributed by atoms with E-state index in [0.717, 1.165) is 19.0 Å². The van der Waals surface area contributed by atoms with Crippen molar-refractivity contribution in [2.75, 3.05) is 19.7 Å². The number of nitrogens with zero attached hydrogens (tertiary/aromatic N) is 1. The lowest BCUT2D eigenvalue weighted by atomic mass is 10.1. The number of hydrogen-bond donors (Lipinski definition) is 1. The summed E-state index contributed by atoms with van der Waals surface area (Å²) >= 11 is 0. The van der Waals surface area contributed by atoms with Crippen LogP contribution in [0.5, 0.6) is 0 Å². The van der Waals surface area contributed by atoms with Gasteiger partial charge in [-0.1, -0.05) is 20.3 Å². The van der Waals surface area contributed by atoms with Crippen LogP contribution >= 0.6 is 0 Å². The van der Waals surface area contributed by atoms with Crippen LogP contribution < -0.4 is 0 Å². The highest BCUT2D eigenvalue weighted by Crippen LogP contribution is 2.06. The average molecular weight is 173 g/mol. The molecule has 0 fully saturated rings. The maximum Gasteiger partial charge on any atom is 0.0558 e. The first-order chi connectivity index (χ1) is 5.61. The van der Waals surface area contributed by atoms with Gasteiger partial charge in [-0.25, -0.2) is 0 Å².